The molecule has 0 unspecified atom stereocenters. The van der Waals surface area contributed by atoms with E-state index in [1.165, 1.54) is 11.8 Å². The molecule has 0 saturated carbocycles. The fraction of sp³-hybridized carbons (Fsp3) is 0.333. The van der Waals surface area contributed by atoms with Gasteiger partial charge in [-0.1, -0.05) is 72.3 Å². The number of hydrogen-bond donors (Lipinski definition) is 1. The topological polar surface area (TPSA) is 58.6 Å². The molecule has 1 N–H and O–H groups in total. The van der Waals surface area contributed by atoms with E-state index < -0.39 is 11.6 Å². The van der Waals surface area contributed by atoms with Gasteiger partial charge in [0, 0.05) is 29.3 Å². The van der Waals surface area contributed by atoms with Crippen molar-refractivity contribution in [1.82, 2.24) is 10.2 Å². The molecular formula is C30H35ClN2O3S. The lowest BCUT2D eigenvalue weighted by molar-refractivity contribution is -0.140. The van der Waals surface area contributed by atoms with Crippen LogP contribution in [0.25, 0.3) is 0 Å². The van der Waals surface area contributed by atoms with Crippen LogP contribution >= 0.6 is 23.4 Å². The minimum atomic E-state index is -0.679. The largest absolute Gasteiger partial charge is 0.497 e. The highest BCUT2D eigenvalue weighted by Crippen LogP contribution is 2.23. The van der Waals surface area contributed by atoms with Gasteiger partial charge in [0.25, 0.3) is 0 Å². The van der Waals surface area contributed by atoms with Crippen molar-refractivity contribution < 1.29 is 14.3 Å². The summed E-state index contributed by atoms with van der Waals surface area (Å²) < 4.78 is 5.39. The van der Waals surface area contributed by atoms with E-state index in [0.717, 1.165) is 16.7 Å². The lowest BCUT2D eigenvalue weighted by atomic mass is 10.0. The minimum absolute atomic E-state index is 0.107. The van der Waals surface area contributed by atoms with Crippen molar-refractivity contribution in [3.63, 3.8) is 0 Å². The number of hydrogen-bond acceptors (Lipinski definition) is 4. The van der Waals surface area contributed by atoms with Crippen molar-refractivity contribution in [3.8, 4) is 5.75 Å². The standard InChI is InChI=1S/C30H35ClN2O3S/c1-30(2,3)32-29(35)27(18-22-11-6-5-7-12-22)33(19-23-13-10-15-25(17-23)36-4)28(34)21-37-20-24-14-8-9-16-26(24)31/h5-17,27H,18-21H2,1-4H3,(H,32,35)/t27-/m1/s1. The van der Waals surface area contributed by atoms with Crippen LogP contribution in [0.4, 0.5) is 0 Å². The van der Waals surface area contributed by atoms with Crippen molar-refractivity contribution in [1.29, 1.82) is 0 Å². The zero-order valence-electron chi connectivity index (χ0n) is 21.9. The first-order valence-corrected chi connectivity index (χ1v) is 13.8. The predicted molar refractivity (Wildman–Crippen MR) is 153 cm³/mol. The molecule has 3 rings (SSSR count). The van der Waals surface area contributed by atoms with Crippen LogP contribution in [0.2, 0.25) is 5.02 Å². The Labute approximate surface area is 229 Å². The van der Waals surface area contributed by atoms with Crippen LogP contribution in [0, 0.1) is 0 Å². The zero-order chi connectivity index (χ0) is 26.8. The Hall–Kier alpha value is -2.96. The van der Waals surface area contributed by atoms with Gasteiger partial charge in [0.05, 0.1) is 12.9 Å². The van der Waals surface area contributed by atoms with E-state index in [2.05, 4.69) is 5.32 Å². The van der Waals surface area contributed by atoms with Crippen LogP contribution in [0.5, 0.6) is 5.75 Å². The average Bonchev–Trinajstić information content (AvgIpc) is 2.87. The van der Waals surface area contributed by atoms with E-state index in [1.54, 1.807) is 12.0 Å². The molecule has 3 aromatic carbocycles. The van der Waals surface area contributed by atoms with Crippen molar-refractivity contribution in [2.75, 3.05) is 12.9 Å². The lowest BCUT2D eigenvalue weighted by Crippen LogP contribution is -2.54. The fourth-order valence-corrected chi connectivity index (χ4v) is 5.12. The number of nitrogens with one attached hydrogen (secondary N) is 1. The molecule has 0 fully saturated rings. The molecule has 37 heavy (non-hydrogen) atoms. The van der Waals surface area contributed by atoms with Crippen molar-refractivity contribution in [2.24, 2.45) is 0 Å². The van der Waals surface area contributed by atoms with Crippen LogP contribution in [0.3, 0.4) is 0 Å². The Balaban J connectivity index is 1.89. The van der Waals surface area contributed by atoms with Gasteiger partial charge < -0.3 is 15.0 Å². The van der Waals surface area contributed by atoms with E-state index in [9.17, 15) is 9.59 Å². The van der Waals surface area contributed by atoms with Gasteiger partial charge in [0.1, 0.15) is 11.8 Å². The van der Waals surface area contributed by atoms with Gasteiger partial charge in [-0.05, 0) is 55.7 Å². The molecule has 0 saturated heterocycles. The number of carbonyl (C=O) groups excluding carboxylic acids is 2. The van der Waals surface area contributed by atoms with E-state index in [4.69, 9.17) is 16.3 Å². The third-order valence-electron chi connectivity index (χ3n) is 5.70. The summed E-state index contributed by atoms with van der Waals surface area (Å²) in [7, 11) is 1.61. The first kappa shape index (κ1) is 28.6. The summed E-state index contributed by atoms with van der Waals surface area (Å²) in [5.74, 6) is 1.25. The molecule has 0 bridgehead atoms. The van der Waals surface area contributed by atoms with Gasteiger partial charge in [-0.15, -0.1) is 11.8 Å². The third-order valence-corrected chi connectivity index (χ3v) is 7.03. The lowest BCUT2D eigenvalue weighted by Gasteiger charge is -2.34. The van der Waals surface area contributed by atoms with E-state index in [0.29, 0.717) is 22.9 Å². The Morgan fingerprint density at radius 2 is 1.65 bits per heavy atom. The van der Waals surface area contributed by atoms with Gasteiger partial charge in [0.2, 0.25) is 11.8 Å². The second-order valence-corrected chi connectivity index (χ2v) is 11.3. The number of carbonyl (C=O) groups is 2. The van der Waals surface area contributed by atoms with Gasteiger partial charge in [0.15, 0.2) is 0 Å². The Bertz CT molecular complexity index is 1180. The monoisotopic (exact) mass is 538 g/mol. The summed E-state index contributed by atoms with van der Waals surface area (Å²) >= 11 is 7.80. The maximum Gasteiger partial charge on any atom is 0.243 e. The number of ether oxygens (including phenoxy) is 1. The summed E-state index contributed by atoms with van der Waals surface area (Å²) in [5.41, 5.74) is 2.43. The number of halogens is 1. The quantitative estimate of drug-likeness (QED) is 0.319. The molecule has 5 nitrogen and oxygen atoms in total. The average molecular weight is 539 g/mol. The summed E-state index contributed by atoms with van der Waals surface area (Å²) in [4.78, 5) is 29.0. The minimum Gasteiger partial charge on any atom is -0.497 e. The molecule has 0 aromatic heterocycles. The number of methoxy groups -OCH3 is 1. The third kappa shape index (κ3) is 9.13. The van der Waals surface area contributed by atoms with Crippen LogP contribution in [-0.4, -0.2) is 41.2 Å². The van der Waals surface area contributed by atoms with Gasteiger partial charge in [-0.25, -0.2) is 0 Å². The Morgan fingerprint density at radius 1 is 0.973 bits per heavy atom. The summed E-state index contributed by atoms with van der Waals surface area (Å²) in [5, 5.41) is 3.77. The normalized spacial score (nSPS) is 12.0. The van der Waals surface area contributed by atoms with E-state index >= 15 is 0 Å². The second kappa shape index (κ2) is 13.5. The van der Waals surface area contributed by atoms with Crippen LogP contribution in [0.1, 0.15) is 37.5 Å². The molecule has 0 spiro atoms. The summed E-state index contributed by atoms with van der Waals surface area (Å²) in [6.45, 7) is 6.12. The molecule has 0 heterocycles. The number of amides is 2. The van der Waals surface area contributed by atoms with Crippen LogP contribution in [-0.2, 0) is 28.3 Å². The van der Waals surface area contributed by atoms with Gasteiger partial charge >= 0.3 is 0 Å². The SMILES string of the molecule is COc1cccc(CN(C(=O)CSCc2ccccc2Cl)[C@H](Cc2ccccc2)C(=O)NC(C)(C)C)c1. The van der Waals surface area contributed by atoms with Crippen molar-refractivity contribution in [3.05, 3.63) is 101 Å². The second-order valence-electron chi connectivity index (χ2n) is 9.90. The van der Waals surface area contributed by atoms with E-state index in [-0.39, 0.29) is 24.1 Å². The van der Waals surface area contributed by atoms with Crippen molar-refractivity contribution >= 4 is 35.2 Å². The van der Waals surface area contributed by atoms with E-state index in [1.807, 2.05) is 99.6 Å². The molecule has 1 atom stereocenters. The molecule has 0 radical (unpaired) electrons. The van der Waals surface area contributed by atoms with Gasteiger partial charge in [-0.3, -0.25) is 9.59 Å². The van der Waals surface area contributed by atoms with Gasteiger partial charge in [-0.2, -0.15) is 0 Å². The number of nitrogens with zero attached hydrogens (tertiary/aromatic N) is 1. The molecule has 196 valence electrons. The molecule has 0 aliphatic rings. The number of thioether (sulfide) groups is 1. The molecule has 0 aliphatic heterocycles. The molecular weight excluding hydrogens is 504 g/mol. The highest BCUT2D eigenvalue weighted by molar-refractivity contribution is 7.99. The first-order valence-electron chi connectivity index (χ1n) is 12.3. The zero-order valence-corrected chi connectivity index (χ0v) is 23.4. The molecule has 0 aliphatic carbocycles. The first-order chi connectivity index (χ1) is 17.7. The Morgan fingerprint density at radius 3 is 2.32 bits per heavy atom. The maximum atomic E-state index is 13.7. The van der Waals surface area contributed by atoms with Crippen LogP contribution < -0.4 is 10.1 Å². The summed E-state index contributed by atoms with van der Waals surface area (Å²) in [6, 6.07) is 24.4. The fourth-order valence-electron chi connectivity index (χ4n) is 3.92. The Kier molecular flexibility index (Phi) is 10.5. The highest BCUT2D eigenvalue weighted by Gasteiger charge is 2.32. The number of rotatable bonds is 11. The maximum absolute atomic E-state index is 13.7. The number of benzene rings is 3. The summed E-state index contributed by atoms with van der Waals surface area (Å²) in [6.07, 6.45) is 0.410. The van der Waals surface area contributed by atoms with Crippen molar-refractivity contribution in [2.45, 2.75) is 51.1 Å². The molecule has 7 heteroatoms. The molecule has 3 aromatic rings. The predicted octanol–water partition coefficient (Wildman–Crippen LogP) is 6.14. The highest BCUT2D eigenvalue weighted by atomic mass is 35.5. The van der Waals surface area contributed by atoms with Crippen LogP contribution in [0.15, 0.2) is 78.9 Å². The smallest absolute Gasteiger partial charge is 0.243 e. The molecule has 2 amide bonds.